The van der Waals surface area contributed by atoms with E-state index in [0.717, 1.165) is 56.9 Å². The molecule has 1 aromatic carbocycles. The fraction of sp³-hybridized carbons (Fsp3) is 0.652. The summed E-state index contributed by atoms with van der Waals surface area (Å²) in [5, 5.41) is 0. The highest BCUT2D eigenvalue weighted by molar-refractivity contribution is 5.31. The molecule has 162 valence electrons. The maximum absolute atomic E-state index is 14.0. The SMILES string of the molecule is Fc1cc([C@H]2CC[C@H]([C@H]3CC[C@H](C=CCC(F)F)CC3)CC2)ccc1OC(F)F. The van der Waals surface area contributed by atoms with E-state index < -0.39 is 24.6 Å². The van der Waals surface area contributed by atoms with E-state index in [2.05, 4.69) is 4.74 Å². The summed E-state index contributed by atoms with van der Waals surface area (Å²) in [6.45, 7) is -3.03. The monoisotopic (exact) mass is 416 g/mol. The molecule has 0 N–H and O–H groups in total. The number of allylic oxidation sites excluding steroid dienone is 2. The first-order valence-electron chi connectivity index (χ1n) is 10.6. The highest BCUT2D eigenvalue weighted by atomic mass is 19.3. The van der Waals surface area contributed by atoms with Crippen LogP contribution in [0.5, 0.6) is 5.75 Å². The van der Waals surface area contributed by atoms with E-state index in [9.17, 15) is 22.0 Å². The molecule has 0 radical (unpaired) electrons. The van der Waals surface area contributed by atoms with Crippen molar-refractivity contribution in [1.29, 1.82) is 0 Å². The first-order valence-corrected chi connectivity index (χ1v) is 10.6. The minimum absolute atomic E-state index is 0.153. The van der Waals surface area contributed by atoms with Crippen molar-refractivity contribution < 1.29 is 26.7 Å². The Morgan fingerprint density at radius 2 is 1.52 bits per heavy atom. The lowest BCUT2D eigenvalue weighted by atomic mass is 9.68. The summed E-state index contributed by atoms with van der Waals surface area (Å²) >= 11 is 0. The number of benzene rings is 1. The van der Waals surface area contributed by atoms with Crippen molar-refractivity contribution in [3.63, 3.8) is 0 Å². The normalized spacial score (nSPS) is 28.4. The van der Waals surface area contributed by atoms with Gasteiger partial charge in [0.05, 0.1) is 0 Å². The van der Waals surface area contributed by atoms with E-state index in [-0.39, 0.29) is 12.3 Å². The molecule has 0 spiro atoms. The third-order valence-electron chi connectivity index (χ3n) is 6.62. The molecule has 3 rings (SSSR count). The predicted octanol–water partition coefficient (Wildman–Crippen LogP) is 7.72. The van der Waals surface area contributed by atoms with E-state index in [1.807, 2.05) is 6.08 Å². The second kappa shape index (κ2) is 10.4. The average Bonchev–Trinajstić information content (AvgIpc) is 2.70. The molecule has 6 heteroatoms. The first kappa shape index (κ1) is 22.1. The van der Waals surface area contributed by atoms with E-state index in [1.54, 1.807) is 12.1 Å². The van der Waals surface area contributed by atoms with Gasteiger partial charge in [-0.2, -0.15) is 8.78 Å². The third-order valence-corrected chi connectivity index (χ3v) is 6.62. The Morgan fingerprint density at radius 3 is 2.07 bits per heavy atom. The van der Waals surface area contributed by atoms with Crippen molar-refractivity contribution in [2.45, 2.75) is 76.7 Å². The molecule has 0 unspecified atom stereocenters. The van der Waals surface area contributed by atoms with Crippen LogP contribution >= 0.6 is 0 Å². The van der Waals surface area contributed by atoms with Crippen LogP contribution in [-0.4, -0.2) is 13.0 Å². The second-order valence-electron chi connectivity index (χ2n) is 8.41. The highest BCUT2D eigenvalue weighted by Gasteiger charge is 2.31. The fourth-order valence-corrected chi connectivity index (χ4v) is 5.07. The molecule has 0 atom stereocenters. The van der Waals surface area contributed by atoms with Crippen LogP contribution < -0.4 is 4.74 Å². The van der Waals surface area contributed by atoms with Crippen LogP contribution in [-0.2, 0) is 0 Å². The van der Waals surface area contributed by atoms with Gasteiger partial charge in [-0.1, -0.05) is 18.2 Å². The van der Waals surface area contributed by atoms with Crippen LogP contribution in [0.4, 0.5) is 22.0 Å². The number of hydrogen-bond donors (Lipinski definition) is 0. The van der Waals surface area contributed by atoms with E-state index in [4.69, 9.17) is 0 Å². The van der Waals surface area contributed by atoms with Gasteiger partial charge in [0.2, 0.25) is 6.43 Å². The van der Waals surface area contributed by atoms with Gasteiger partial charge in [-0.25, -0.2) is 13.2 Å². The zero-order valence-corrected chi connectivity index (χ0v) is 16.5. The average molecular weight is 416 g/mol. The predicted molar refractivity (Wildman–Crippen MR) is 103 cm³/mol. The Balaban J connectivity index is 1.45. The largest absolute Gasteiger partial charge is 0.432 e. The van der Waals surface area contributed by atoms with Crippen LogP contribution in [0.25, 0.3) is 0 Å². The lowest BCUT2D eigenvalue weighted by Crippen LogP contribution is -2.25. The zero-order chi connectivity index (χ0) is 20.8. The molecule has 1 aromatic rings. The number of alkyl halides is 4. The summed E-state index contributed by atoms with van der Waals surface area (Å²) in [5.41, 5.74) is 0.857. The Hall–Kier alpha value is -1.59. The first-order chi connectivity index (χ1) is 13.9. The molecule has 2 fully saturated rings. The molecule has 0 saturated heterocycles. The Labute approximate surface area is 169 Å². The van der Waals surface area contributed by atoms with Crippen molar-refractivity contribution in [1.82, 2.24) is 0 Å². The van der Waals surface area contributed by atoms with Gasteiger partial charge in [0.15, 0.2) is 11.6 Å². The molecular formula is C23H29F5O. The minimum Gasteiger partial charge on any atom is -0.432 e. The molecule has 2 aliphatic rings. The molecule has 2 aliphatic carbocycles. The van der Waals surface area contributed by atoms with Crippen molar-refractivity contribution in [3.05, 3.63) is 41.7 Å². The molecule has 0 aromatic heterocycles. The summed E-state index contributed by atoms with van der Waals surface area (Å²) in [6, 6.07) is 4.33. The van der Waals surface area contributed by atoms with E-state index >= 15 is 0 Å². The van der Waals surface area contributed by atoms with E-state index in [0.29, 0.717) is 17.8 Å². The molecular weight excluding hydrogens is 387 g/mol. The lowest BCUT2D eigenvalue weighted by molar-refractivity contribution is -0.0522. The Kier molecular flexibility index (Phi) is 7.96. The number of ether oxygens (including phenoxy) is 1. The highest BCUT2D eigenvalue weighted by Crippen LogP contribution is 2.44. The van der Waals surface area contributed by atoms with Gasteiger partial charge >= 0.3 is 6.61 Å². The lowest BCUT2D eigenvalue weighted by Gasteiger charge is -2.37. The van der Waals surface area contributed by atoms with Crippen LogP contribution in [0, 0.1) is 23.6 Å². The smallest absolute Gasteiger partial charge is 0.387 e. The molecule has 0 aliphatic heterocycles. The standard InChI is InChI=1S/C23H29F5O/c24-20-14-19(12-13-21(20)29-23(27)28)18-10-8-17(9-11-18)16-6-4-15(5-7-16)2-1-3-22(25)26/h1-2,12-18,22-23H,3-11H2/t15-,16-,17-,18-. The zero-order valence-electron chi connectivity index (χ0n) is 16.5. The van der Waals surface area contributed by atoms with Crippen LogP contribution in [0.2, 0.25) is 0 Å². The summed E-state index contributed by atoms with van der Waals surface area (Å²) in [4.78, 5) is 0. The maximum Gasteiger partial charge on any atom is 0.387 e. The van der Waals surface area contributed by atoms with Gasteiger partial charge in [0.1, 0.15) is 0 Å². The number of rotatable bonds is 7. The van der Waals surface area contributed by atoms with Gasteiger partial charge in [-0.3, -0.25) is 0 Å². The van der Waals surface area contributed by atoms with Crippen LogP contribution in [0.3, 0.4) is 0 Å². The third kappa shape index (κ3) is 6.45. The topological polar surface area (TPSA) is 9.23 Å². The Morgan fingerprint density at radius 1 is 0.897 bits per heavy atom. The molecule has 0 bridgehead atoms. The van der Waals surface area contributed by atoms with Crippen LogP contribution in [0.15, 0.2) is 30.4 Å². The number of halogens is 5. The minimum atomic E-state index is -3.03. The van der Waals surface area contributed by atoms with Crippen molar-refractivity contribution in [2.75, 3.05) is 0 Å². The van der Waals surface area contributed by atoms with Gasteiger partial charge in [0, 0.05) is 6.42 Å². The molecule has 29 heavy (non-hydrogen) atoms. The van der Waals surface area contributed by atoms with Crippen molar-refractivity contribution >= 4 is 0 Å². The fourth-order valence-electron chi connectivity index (χ4n) is 5.07. The van der Waals surface area contributed by atoms with Gasteiger partial charge in [0.25, 0.3) is 0 Å². The van der Waals surface area contributed by atoms with Gasteiger partial charge in [-0.05, 0) is 92.7 Å². The molecule has 1 nitrogen and oxygen atoms in total. The van der Waals surface area contributed by atoms with Gasteiger partial charge < -0.3 is 4.74 Å². The summed E-state index contributed by atoms with van der Waals surface area (Å²) in [6.07, 6.45) is 9.76. The quantitative estimate of drug-likeness (QED) is 0.327. The summed E-state index contributed by atoms with van der Waals surface area (Å²) in [7, 11) is 0. The second-order valence-corrected chi connectivity index (χ2v) is 8.41. The molecule has 0 heterocycles. The van der Waals surface area contributed by atoms with E-state index in [1.165, 1.54) is 12.1 Å². The van der Waals surface area contributed by atoms with Crippen LogP contribution in [0.1, 0.15) is 69.3 Å². The molecule has 2 saturated carbocycles. The van der Waals surface area contributed by atoms with Gasteiger partial charge in [-0.15, -0.1) is 0 Å². The summed E-state index contributed by atoms with van der Waals surface area (Å²) in [5.74, 6) is 0.908. The van der Waals surface area contributed by atoms with Crippen molar-refractivity contribution in [2.24, 2.45) is 17.8 Å². The molecule has 0 amide bonds. The maximum atomic E-state index is 14.0. The Bertz CT molecular complexity index is 659. The number of hydrogen-bond acceptors (Lipinski definition) is 1. The summed E-state index contributed by atoms with van der Waals surface area (Å²) < 4.78 is 67.2. The van der Waals surface area contributed by atoms with Crippen molar-refractivity contribution in [3.8, 4) is 5.75 Å².